The molecular formula is C19H20ClN3O3. The van der Waals surface area contributed by atoms with Gasteiger partial charge < -0.3 is 10.2 Å². The predicted octanol–water partition coefficient (Wildman–Crippen LogP) is 3.51. The van der Waals surface area contributed by atoms with Crippen molar-refractivity contribution in [2.24, 2.45) is 0 Å². The first-order chi connectivity index (χ1) is 12.5. The number of carboxylic acid groups (broad SMARTS) is 1. The van der Waals surface area contributed by atoms with E-state index >= 15 is 0 Å². The minimum atomic E-state index is -0.922. The van der Waals surface area contributed by atoms with Gasteiger partial charge in [0, 0.05) is 12.5 Å². The molecule has 136 valence electrons. The van der Waals surface area contributed by atoms with Gasteiger partial charge in [0.1, 0.15) is 5.52 Å². The van der Waals surface area contributed by atoms with Gasteiger partial charge >= 0.3 is 5.97 Å². The lowest BCUT2D eigenvalue weighted by Crippen LogP contribution is -2.09. The van der Waals surface area contributed by atoms with Crippen molar-refractivity contribution >= 4 is 28.6 Å². The molecule has 1 heterocycles. The fraction of sp³-hybridized carbons (Fsp3) is 0.316. The number of rotatable bonds is 6. The standard InChI is InChI=1S/C19H20ClN3O3/c1-3-23-16-7-6-14(18(20)19(16)21-22-23)15(9-17(25)26)12-5-4-11(2)13(8-12)10-24/h4-8,15,24H,3,9-10H2,1-2H3,(H,25,26). The zero-order valence-corrected chi connectivity index (χ0v) is 15.4. The quantitative estimate of drug-likeness (QED) is 0.690. The molecule has 26 heavy (non-hydrogen) atoms. The Morgan fingerprint density at radius 2 is 2.08 bits per heavy atom. The zero-order valence-electron chi connectivity index (χ0n) is 14.6. The van der Waals surface area contributed by atoms with E-state index < -0.39 is 11.9 Å². The molecule has 0 amide bonds. The van der Waals surface area contributed by atoms with Crippen molar-refractivity contribution in [1.82, 2.24) is 15.0 Å². The molecule has 0 saturated carbocycles. The first-order valence-electron chi connectivity index (χ1n) is 8.39. The number of hydrogen-bond acceptors (Lipinski definition) is 4. The van der Waals surface area contributed by atoms with E-state index in [1.165, 1.54) is 0 Å². The van der Waals surface area contributed by atoms with Gasteiger partial charge in [-0.05, 0) is 42.2 Å². The molecule has 0 radical (unpaired) electrons. The summed E-state index contributed by atoms with van der Waals surface area (Å²) in [6, 6.07) is 9.32. The van der Waals surface area contributed by atoms with Crippen molar-refractivity contribution in [3.05, 3.63) is 57.6 Å². The van der Waals surface area contributed by atoms with E-state index in [4.69, 9.17) is 11.6 Å². The molecule has 6 nitrogen and oxygen atoms in total. The van der Waals surface area contributed by atoms with Gasteiger partial charge in [0.25, 0.3) is 0 Å². The van der Waals surface area contributed by atoms with E-state index in [2.05, 4.69) is 10.3 Å². The summed E-state index contributed by atoms with van der Waals surface area (Å²) in [5.41, 5.74) is 4.60. The molecular weight excluding hydrogens is 354 g/mol. The number of aliphatic hydroxyl groups is 1. The van der Waals surface area contributed by atoms with Crippen LogP contribution >= 0.6 is 11.6 Å². The molecule has 0 fully saturated rings. The summed E-state index contributed by atoms with van der Waals surface area (Å²) in [4.78, 5) is 11.5. The van der Waals surface area contributed by atoms with E-state index in [9.17, 15) is 15.0 Å². The summed E-state index contributed by atoms with van der Waals surface area (Å²) in [6.07, 6.45) is -0.110. The van der Waals surface area contributed by atoms with Gasteiger partial charge in [-0.1, -0.05) is 41.1 Å². The number of fused-ring (bicyclic) bond motifs is 1. The number of aliphatic hydroxyl groups excluding tert-OH is 1. The molecule has 0 spiro atoms. The molecule has 0 aliphatic rings. The Hall–Kier alpha value is -2.44. The van der Waals surface area contributed by atoms with Crippen molar-refractivity contribution in [3.63, 3.8) is 0 Å². The van der Waals surface area contributed by atoms with Gasteiger partial charge in [-0.25, -0.2) is 4.68 Å². The number of carboxylic acids is 1. The maximum absolute atomic E-state index is 11.5. The van der Waals surface area contributed by atoms with E-state index in [1.807, 2.05) is 44.2 Å². The Bertz CT molecular complexity index is 968. The largest absolute Gasteiger partial charge is 0.481 e. The number of hydrogen-bond donors (Lipinski definition) is 2. The van der Waals surface area contributed by atoms with Crippen LogP contribution in [0.3, 0.4) is 0 Å². The highest BCUT2D eigenvalue weighted by atomic mass is 35.5. The van der Waals surface area contributed by atoms with Crippen LogP contribution in [0.15, 0.2) is 30.3 Å². The van der Waals surface area contributed by atoms with Crippen LogP contribution in [0.5, 0.6) is 0 Å². The Morgan fingerprint density at radius 1 is 1.31 bits per heavy atom. The summed E-state index contributed by atoms with van der Waals surface area (Å²) in [5.74, 6) is -1.36. The second kappa shape index (κ2) is 7.43. The Morgan fingerprint density at radius 3 is 2.73 bits per heavy atom. The number of benzene rings is 2. The Labute approximate surface area is 156 Å². The number of aliphatic carboxylic acids is 1. The SMILES string of the molecule is CCn1nnc2c(Cl)c(C(CC(=O)O)c3ccc(C)c(CO)c3)ccc21. The molecule has 1 aromatic heterocycles. The fourth-order valence-corrected chi connectivity index (χ4v) is 3.51. The highest BCUT2D eigenvalue weighted by Crippen LogP contribution is 2.37. The summed E-state index contributed by atoms with van der Waals surface area (Å²) in [5, 5.41) is 27.6. The summed E-state index contributed by atoms with van der Waals surface area (Å²) in [6.45, 7) is 4.44. The lowest BCUT2D eigenvalue weighted by atomic mass is 9.86. The maximum Gasteiger partial charge on any atom is 0.304 e. The smallest absolute Gasteiger partial charge is 0.304 e. The summed E-state index contributed by atoms with van der Waals surface area (Å²) < 4.78 is 1.74. The molecule has 0 saturated heterocycles. The number of aryl methyl sites for hydroxylation is 2. The van der Waals surface area contributed by atoms with Gasteiger partial charge in [0.2, 0.25) is 0 Å². The van der Waals surface area contributed by atoms with E-state index in [0.717, 1.165) is 22.2 Å². The van der Waals surface area contributed by atoms with Crippen molar-refractivity contribution < 1.29 is 15.0 Å². The molecule has 1 atom stereocenters. The third-order valence-corrected chi connectivity index (χ3v) is 5.05. The molecule has 2 N–H and O–H groups in total. The first-order valence-corrected chi connectivity index (χ1v) is 8.77. The van der Waals surface area contributed by atoms with E-state index in [1.54, 1.807) is 4.68 Å². The molecule has 0 aliphatic carbocycles. The number of aromatic nitrogens is 3. The van der Waals surface area contributed by atoms with Crippen molar-refractivity contribution in [3.8, 4) is 0 Å². The van der Waals surface area contributed by atoms with Gasteiger partial charge in [-0.2, -0.15) is 0 Å². The number of halogens is 1. The van der Waals surface area contributed by atoms with Crippen LogP contribution in [-0.2, 0) is 17.9 Å². The van der Waals surface area contributed by atoms with Crippen LogP contribution in [0.4, 0.5) is 0 Å². The molecule has 7 heteroatoms. The van der Waals surface area contributed by atoms with Crippen molar-refractivity contribution in [2.45, 2.75) is 39.3 Å². The second-order valence-corrected chi connectivity index (χ2v) is 6.61. The van der Waals surface area contributed by atoms with Crippen molar-refractivity contribution in [1.29, 1.82) is 0 Å². The Balaban J connectivity index is 2.15. The second-order valence-electron chi connectivity index (χ2n) is 6.24. The van der Waals surface area contributed by atoms with Crippen LogP contribution in [0.2, 0.25) is 5.02 Å². The Kier molecular flexibility index (Phi) is 5.25. The van der Waals surface area contributed by atoms with Crippen LogP contribution < -0.4 is 0 Å². The monoisotopic (exact) mass is 373 g/mol. The highest BCUT2D eigenvalue weighted by Gasteiger charge is 2.23. The minimum absolute atomic E-state index is 0.100. The van der Waals surface area contributed by atoms with E-state index in [-0.39, 0.29) is 13.0 Å². The van der Waals surface area contributed by atoms with Crippen LogP contribution in [0, 0.1) is 6.92 Å². The summed E-state index contributed by atoms with van der Waals surface area (Å²) in [7, 11) is 0. The summed E-state index contributed by atoms with van der Waals surface area (Å²) >= 11 is 6.59. The van der Waals surface area contributed by atoms with Gasteiger partial charge in [0.15, 0.2) is 0 Å². The number of nitrogens with zero attached hydrogens (tertiary/aromatic N) is 3. The maximum atomic E-state index is 11.5. The van der Waals surface area contributed by atoms with Crippen LogP contribution in [0.25, 0.3) is 11.0 Å². The van der Waals surface area contributed by atoms with E-state index in [0.29, 0.717) is 22.6 Å². The van der Waals surface area contributed by atoms with Crippen LogP contribution in [-0.4, -0.2) is 31.2 Å². The predicted molar refractivity (Wildman–Crippen MR) is 99.4 cm³/mol. The lowest BCUT2D eigenvalue weighted by molar-refractivity contribution is -0.137. The van der Waals surface area contributed by atoms with Gasteiger partial charge in [-0.3, -0.25) is 4.79 Å². The molecule has 3 aromatic rings. The topological polar surface area (TPSA) is 88.2 Å². The van der Waals surface area contributed by atoms with Crippen molar-refractivity contribution in [2.75, 3.05) is 0 Å². The normalized spacial score (nSPS) is 12.5. The first kappa shape index (κ1) is 18.4. The lowest BCUT2D eigenvalue weighted by Gasteiger charge is -2.19. The minimum Gasteiger partial charge on any atom is -0.481 e. The molecule has 0 aliphatic heterocycles. The average Bonchev–Trinajstić information content (AvgIpc) is 3.05. The third kappa shape index (κ3) is 3.30. The third-order valence-electron chi connectivity index (χ3n) is 4.66. The van der Waals surface area contributed by atoms with Gasteiger partial charge in [-0.15, -0.1) is 5.10 Å². The molecule has 1 unspecified atom stereocenters. The fourth-order valence-electron chi connectivity index (χ4n) is 3.18. The number of carbonyl (C=O) groups is 1. The molecule has 0 bridgehead atoms. The molecule has 3 rings (SSSR count). The average molecular weight is 374 g/mol. The van der Waals surface area contributed by atoms with Crippen LogP contribution in [0.1, 0.15) is 41.5 Å². The molecule has 2 aromatic carbocycles. The zero-order chi connectivity index (χ0) is 18.8. The van der Waals surface area contributed by atoms with Gasteiger partial charge in [0.05, 0.1) is 23.6 Å². The highest BCUT2D eigenvalue weighted by molar-refractivity contribution is 6.35.